The Morgan fingerprint density at radius 3 is 2.65 bits per heavy atom. The van der Waals surface area contributed by atoms with Gasteiger partial charge in [-0.2, -0.15) is 4.98 Å². The van der Waals surface area contributed by atoms with Crippen molar-refractivity contribution in [2.24, 2.45) is 5.14 Å². The Hall–Kier alpha value is -2.30. The van der Waals surface area contributed by atoms with Gasteiger partial charge in [-0.05, 0) is 24.3 Å². The van der Waals surface area contributed by atoms with Crippen LogP contribution in [0.15, 0.2) is 33.7 Å². The maximum absolute atomic E-state index is 12.0. The number of benzene rings is 1. The first-order valence-electron chi connectivity index (χ1n) is 6.61. The molecule has 0 aliphatic rings. The van der Waals surface area contributed by atoms with E-state index in [4.69, 9.17) is 14.4 Å². The number of methoxy groups -OCH3 is 1. The molecule has 0 fully saturated rings. The van der Waals surface area contributed by atoms with Crippen molar-refractivity contribution in [2.45, 2.75) is 17.9 Å². The average molecular weight is 340 g/mol. The molecule has 0 aliphatic heterocycles. The first kappa shape index (κ1) is 17.1. The molecule has 1 aromatic heterocycles. The largest absolute Gasteiger partial charge is 0.384 e. The lowest BCUT2D eigenvalue weighted by atomic mass is 10.2. The Labute approximate surface area is 132 Å². The van der Waals surface area contributed by atoms with Crippen molar-refractivity contribution < 1.29 is 22.5 Å². The predicted octanol–water partition coefficient (Wildman–Crippen LogP) is -0.164. The minimum absolute atomic E-state index is 0.0602. The van der Waals surface area contributed by atoms with Crippen LogP contribution in [0, 0.1) is 0 Å². The molecule has 0 spiro atoms. The van der Waals surface area contributed by atoms with Crippen molar-refractivity contribution >= 4 is 15.9 Å². The summed E-state index contributed by atoms with van der Waals surface area (Å²) in [7, 11) is -2.21. The highest BCUT2D eigenvalue weighted by atomic mass is 32.2. The van der Waals surface area contributed by atoms with E-state index in [-0.39, 0.29) is 11.4 Å². The second-order valence-corrected chi connectivity index (χ2v) is 6.16. The monoisotopic (exact) mass is 340 g/mol. The van der Waals surface area contributed by atoms with Crippen LogP contribution in [0.3, 0.4) is 0 Å². The lowest BCUT2D eigenvalue weighted by Crippen LogP contribution is -2.23. The molecule has 2 aromatic rings. The highest BCUT2D eigenvalue weighted by molar-refractivity contribution is 7.89. The lowest BCUT2D eigenvalue weighted by molar-refractivity contribution is 0.0949. The molecule has 0 saturated heterocycles. The van der Waals surface area contributed by atoms with E-state index in [2.05, 4.69) is 15.5 Å². The van der Waals surface area contributed by atoms with Gasteiger partial charge in [0.15, 0.2) is 5.82 Å². The number of aromatic nitrogens is 2. The zero-order chi connectivity index (χ0) is 16.9. The quantitative estimate of drug-likeness (QED) is 0.714. The van der Waals surface area contributed by atoms with Crippen LogP contribution >= 0.6 is 0 Å². The topological polar surface area (TPSA) is 137 Å². The van der Waals surface area contributed by atoms with Crippen molar-refractivity contribution in [3.05, 3.63) is 41.5 Å². The van der Waals surface area contributed by atoms with Gasteiger partial charge in [-0.25, -0.2) is 13.6 Å². The van der Waals surface area contributed by atoms with E-state index in [1.165, 1.54) is 24.3 Å². The van der Waals surface area contributed by atoms with E-state index in [1.54, 1.807) is 7.11 Å². The summed E-state index contributed by atoms with van der Waals surface area (Å²) in [5.41, 5.74) is 0.292. The van der Waals surface area contributed by atoms with Crippen LogP contribution < -0.4 is 10.5 Å². The molecule has 9 nitrogen and oxygen atoms in total. The first-order chi connectivity index (χ1) is 10.9. The summed E-state index contributed by atoms with van der Waals surface area (Å²) in [5.74, 6) is 0.369. The van der Waals surface area contributed by atoms with Gasteiger partial charge in [0, 0.05) is 12.7 Å². The molecule has 0 radical (unpaired) electrons. The molecule has 1 amide bonds. The highest BCUT2D eigenvalue weighted by Crippen LogP contribution is 2.09. The standard InChI is InChI=1S/C13H16N4O5S/c1-21-7-6-12-16-11(17-22-12)8-15-13(18)9-2-4-10(5-3-9)23(14,19)20/h2-5H,6-8H2,1H3,(H,15,18)(H2,14,19,20). The van der Waals surface area contributed by atoms with Gasteiger partial charge in [0.1, 0.15) is 0 Å². The second-order valence-electron chi connectivity index (χ2n) is 4.60. The Kier molecular flexibility index (Phi) is 5.42. The maximum atomic E-state index is 12.0. The Morgan fingerprint density at radius 1 is 1.35 bits per heavy atom. The van der Waals surface area contributed by atoms with Gasteiger partial charge in [-0.1, -0.05) is 5.16 Å². The fraction of sp³-hybridized carbons (Fsp3) is 0.308. The number of carbonyl (C=O) groups is 1. The van der Waals surface area contributed by atoms with E-state index in [0.29, 0.717) is 30.3 Å². The normalized spacial score (nSPS) is 11.4. The number of nitrogens with two attached hydrogens (primary N) is 1. The van der Waals surface area contributed by atoms with Crippen LogP contribution in [-0.2, 0) is 27.7 Å². The number of carbonyl (C=O) groups excluding carboxylic acids is 1. The van der Waals surface area contributed by atoms with Crippen LogP contribution in [-0.4, -0.2) is 38.2 Å². The summed E-state index contributed by atoms with van der Waals surface area (Å²) in [6.45, 7) is 0.552. The summed E-state index contributed by atoms with van der Waals surface area (Å²) in [4.78, 5) is 16.0. The smallest absolute Gasteiger partial charge is 0.251 e. The Balaban J connectivity index is 1.93. The number of sulfonamides is 1. The van der Waals surface area contributed by atoms with Crippen LogP contribution in [0.1, 0.15) is 22.1 Å². The van der Waals surface area contributed by atoms with Crippen LogP contribution in [0.2, 0.25) is 0 Å². The van der Waals surface area contributed by atoms with E-state index < -0.39 is 15.9 Å². The van der Waals surface area contributed by atoms with Gasteiger partial charge in [0.25, 0.3) is 5.91 Å². The van der Waals surface area contributed by atoms with Crippen molar-refractivity contribution in [1.82, 2.24) is 15.5 Å². The fourth-order valence-corrected chi connectivity index (χ4v) is 2.23. The summed E-state index contributed by atoms with van der Waals surface area (Å²) in [6.07, 6.45) is 0.493. The summed E-state index contributed by atoms with van der Waals surface area (Å²) in [5, 5.41) is 11.3. The number of rotatable bonds is 7. The van der Waals surface area contributed by atoms with Gasteiger partial charge in [-0.3, -0.25) is 4.79 Å². The minimum atomic E-state index is -3.78. The van der Waals surface area contributed by atoms with E-state index in [0.717, 1.165) is 0 Å². The molecule has 2 rings (SSSR count). The van der Waals surface area contributed by atoms with E-state index in [1.807, 2.05) is 0 Å². The molecule has 0 bridgehead atoms. The number of nitrogens with zero attached hydrogens (tertiary/aromatic N) is 2. The van der Waals surface area contributed by atoms with Crippen molar-refractivity contribution in [3.63, 3.8) is 0 Å². The molecule has 3 N–H and O–H groups in total. The van der Waals surface area contributed by atoms with Gasteiger partial charge >= 0.3 is 0 Å². The molecule has 0 atom stereocenters. The Bertz CT molecular complexity index is 770. The van der Waals surface area contributed by atoms with E-state index >= 15 is 0 Å². The summed E-state index contributed by atoms with van der Waals surface area (Å²) in [6, 6.07) is 5.27. The third kappa shape index (κ3) is 4.84. The maximum Gasteiger partial charge on any atom is 0.251 e. The molecule has 23 heavy (non-hydrogen) atoms. The second kappa shape index (κ2) is 7.31. The van der Waals surface area contributed by atoms with Gasteiger partial charge in [-0.15, -0.1) is 0 Å². The zero-order valence-electron chi connectivity index (χ0n) is 12.4. The molecule has 0 unspecified atom stereocenters. The van der Waals surface area contributed by atoms with Gasteiger partial charge in [0.2, 0.25) is 15.9 Å². The molecular formula is C13H16N4O5S. The number of hydrogen-bond acceptors (Lipinski definition) is 7. The number of amides is 1. The predicted molar refractivity (Wildman–Crippen MR) is 78.9 cm³/mol. The third-order valence-electron chi connectivity index (χ3n) is 2.88. The highest BCUT2D eigenvalue weighted by Gasteiger charge is 2.12. The number of ether oxygens (including phenoxy) is 1. The lowest BCUT2D eigenvalue weighted by Gasteiger charge is -2.03. The number of hydrogen-bond donors (Lipinski definition) is 2. The van der Waals surface area contributed by atoms with Crippen LogP contribution in [0.4, 0.5) is 0 Å². The molecule has 0 saturated carbocycles. The molecule has 10 heteroatoms. The van der Waals surface area contributed by atoms with E-state index in [9.17, 15) is 13.2 Å². The molecular weight excluding hydrogens is 324 g/mol. The molecule has 0 aliphatic carbocycles. The average Bonchev–Trinajstić information content (AvgIpc) is 2.98. The zero-order valence-corrected chi connectivity index (χ0v) is 13.2. The SMILES string of the molecule is COCCc1nc(CNC(=O)c2ccc(S(N)(=O)=O)cc2)no1. The van der Waals surface area contributed by atoms with Gasteiger partial charge < -0.3 is 14.6 Å². The van der Waals surface area contributed by atoms with Crippen molar-refractivity contribution in [1.29, 1.82) is 0 Å². The summed E-state index contributed by atoms with van der Waals surface area (Å²) >= 11 is 0. The number of primary sulfonamides is 1. The van der Waals surface area contributed by atoms with Crippen LogP contribution in [0.5, 0.6) is 0 Å². The van der Waals surface area contributed by atoms with Crippen molar-refractivity contribution in [3.8, 4) is 0 Å². The van der Waals surface area contributed by atoms with Crippen LogP contribution in [0.25, 0.3) is 0 Å². The molecule has 1 heterocycles. The van der Waals surface area contributed by atoms with Crippen molar-refractivity contribution in [2.75, 3.05) is 13.7 Å². The first-order valence-corrected chi connectivity index (χ1v) is 8.16. The Morgan fingerprint density at radius 2 is 2.04 bits per heavy atom. The molecule has 124 valence electrons. The fourth-order valence-electron chi connectivity index (χ4n) is 1.71. The molecule has 1 aromatic carbocycles. The summed E-state index contributed by atoms with van der Waals surface area (Å²) < 4.78 is 32.2. The van der Waals surface area contributed by atoms with Gasteiger partial charge in [0.05, 0.1) is 24.5 Å². The minimum Gasteiger partial charge on any atom is -0.384 e. The number of nitrogens with one attached hydrogen (secondary N) is 1. The third-order valence-corrected chi connectivity index (χ3v) is 3.81.